The summed E-state index contributed by atoms with van der Waals surface area (Å²) in [5.74, 6) is -1.35. The lowest BCUT2D eigenvalue weighted by atomic mass is 10.2. The van der Waals surface area contributed by atoms with Gasteiger partial charge in [0.05, 0.1) is 13.2 Å². The summed E-state index contributed by atoms with van der Waals surface area (Å²) < 4.78 is 40.8. The molecule has 0 unspecified atom stereocenters. The molecule has 0 bridgehead atoms. The van der Waals surface area contributed by atoms with Crippen molar-refractivity contribution >= 4 is 25.6 Å². The Balaban J connectivity index is 2.33. The number of morpholine rings is 1. The van der Waals surface area contributed by atoms with Crippen LogP contribution in [0.2, 0.25) is 0 Å². The summed E-state index contributed by atoms with van der Waals surface area (Å²) >= 11 is 0. The van der Waals surface area contributed by atoms with Gasteiger partial charge in [-0.2, -0.15) is 0 Å². The topological polar surface area (TPSA) is 63.7 Å². The number of hydrogen-bond donors (Lipinski definition) is 0. The minimum absolute atomic E-state index is 0.0857. The van der Waals surface area contributed by atoms with E-state index in [2.05, 4.69) is 0 Å². The number of hydrogen-bond acceptors (Lipinski definition) is 4. The van der Waals surface area contributed by atoms with Crippen molar-refractivity contribution in [2.45, 2.75) is 4.90 Å². The van der Waals surface area contributed by atoms with Gasteiger partial charge in [0.2, 0.25) is 0 Å². The standard InChI is InChI=1S/C11H11ClFNO4S/c12-19(16,17)10-7-8(1-2-9(10)13)11(15)14-3-5-18-6-4-14/h1-2,7H,3-6H2. The van der Waals surface area contributed by atoms with Crippen LogP contribution in [0, 0.1) is 5.82 Å². The van der Waals surface area contributed by atoms with Crippen LogP contribution >= 0.6 is 10.7 Å². The minimum atomic E-state index is -4.22. The highest BCUT2D eigenvalue weighted by atomic mass is 35.7. The van der Waals surface area contributed by atoms with Crippen molar-refractivity contribution in [3.05, 3.63) is 29.6 Å². The van der Waals surface area contributed by atoms with Gasteiger partial charge in [0.25, 0.3) is 15.0 Å². The average Bonchev–Trinajstić information content (AvgIpc) is 2.38. The van der Waals surface area contributed by atoms with Gasteiger partial charge in [0, 0.05) is 29.3 Å². The van der Waals surface area contributed by atoms with Crippen LogP contribution in [0.25, 0.3) is 0 Å². The van der Waals surface area contributed by atoms with Crippen LogP contribution in [0.1, 0.15) is 10.4 Å². The molecule has 1 fully saturated rings. The van der Waals surface area contributed by atoms with Crippen molar-refractivity contribution in [3.8, 4) is 0 Å². The largest absolute Gasteiger partial charge is 0.378 e. The summed E-state index contributed by atoms with van der Waals surface area (Å²) in [7, 11) is 0.895. The van der Waals surface area contributed by atoms with Crippen LogP contribution in [-0.2, 0) is 13.8 Å². The lowest BCUT2D eigenvalue weighted by Gasteiger charge is -2.26. The van der Waals surface area contributed by atoms with Crippen molar-refractivity contribution in [2.24, 2.45) is 0 Å². The van der Waals surface area contributed by atoms with Crippen molar-refractivity contribution < 1.29 is 22.3 Å². The van der Waals surface area contributed by atoms with E-state index in [4.69, 9.17) is 15.4 Å². The molecular weight excluding hydrogens is 297 g/mol. The Morgan fingerprint density at radius 1 is 1.32 bits per heavy atom. The van der Waals surface area contributed by atoms with Crippen LogP contribution in [0.3, 0.4) is 0 Å². The van der Waals surface area contributed by atoms with Gasteiger partial charge in [0.1, 0.15) is 10.7 Å². The molecule has 1 aromatic rings. The summed E-state index contributed by atoms with van der Waals surface area (Å²) in [6.07, 6.45) is 0. The van der Waals surface area contributed by atoms with Crippen LogP contribution in [0.4, 0.5) is 4.39 Å². The normalized spacial score (nSPS) is 16.4. The first-order valence-electron chi connectivity index (χ1n) is 5.51. The zero-order valence-electron chi connectivity index (χ0n) is 9.80. The zero-order chi connectivity index (χ0) is 14.0. The predicted molar refractivity (Wildman–Crippen MR) is 66.2 cm³/mol. The van der Waals surface area contributed by atoms with E-state index in [1.807, 2.05) is 0 Å². The molecule has 0 radical (unpaired) electrons. The molecule has 1 heterocycles. The van der Waals surface area contributed by atoms with Gasteiger partial charge in [-0.25, -0.2) is 12.8 Å². The smallest absolute Gasteiger partial charge is 0.264 e. The molecule has 5 nitrogen and oxygen atoms in total. The Morgan fingerprint density at radius 2 is 1.95 bits per heavy atom. The number of nitrogens with zero attached hydrogens (tertiary/aromatic N) is 1. The van der Waals surface area contributed by atoms with E-state index in [0.29, 0.717) is 26.3 Å². The molecule has 0 saturated carbocycles. The van der Waals surface area contributed by atoms with Crippen molar-refractivity contribution in [3.63, 3.8) is 0 Å². The summed E-state index contributed by atoms with van der Waals surface area (Å²) in [6, 6.07) is 3.11. The molecule has 0 N–H and O–H groups in total. The molecular formula is C11H11ClFNO4S. The second-order valence-electron chi connectivity index (χ2n) is 3.99. The predicted octanol–water partition coefficient (Wildman–Crippen LogP) is 1.23. The molecule has 0 atom stereocenters. The van der Waals surface area contributed by atoms with E-state index in [9.17, 15) is 17.6 Å². The number of rotatable bonds is 2. The molecule has 0 aromatic heterocycles. The molecule has 1 aliphatic rings. The molecule has 104 valence electrons. The fourth-order valence-electron chi connectivity index (χ4n) is 1.77. The number of carbonyl (C=O) groups excluding carboxylic acids is 1. The zero-order valence-corrected chi connectivity index (χ0v) is 11.4. The highest BCUT2D eigenvalue weighted by molar-refractivity contribution is 8.13. The van der Waals surface area contributed by atoms with E-state index in [-0.39, 0.29) is 11.5 Å². The first-order chi connectivity index (χ1) is 8.89. The molecule has 1 saturated heterocycles. The number of benzene rings is 1. The molecule has 0 aliphatic carbocycles. The lowest BCUT2D eigenvalue weighted by Crippen LogP contribution is -2.40. The highest BCUT2D eigenvalue weighted by Gasteiger charge is 2.22. The molecule has 1 amide bonds. The highest BCUT2D eigenvalue weighted by Crippen LogP contribution is 2.21. The second kappa shape index (κ2) is 5.44. The molecule has 19 heavy (non-hydrogen) atoms. The van der Waals surface area contributed by atoms with Gasteiger partial charge in [-0.05, 0) is 18.2 Å². The monoisotopic (exact) mass is 307 g/mol. The van der Waals surface area contributed by atoms with Gasteiger partial charge in [0.15, 0.2) is 0 Å². The van der Waals surface area contributed by atoms with Crippen molar-refractivity contribution in [2.75, 3.05) is 26.3 Å². The first kappa shape index (κ1) is 14.2. The third-order valence-corrected chi connectivity index (χ3v) is 4.08. The maximum atomic E-state index is 13.4. The number of amides is 1. The van der Waals surface area contributed by atoms with Gasteiger partial charge in [-0.1, -0.05) is 0 Å². The van der Waals surface area contributed by atoms with Gasteiger partial charge in [-0.15, -0.1) is 0 Å². The van der Waals surface area contributed by atoms with E-state index in [1.54, 1.807) is 0 Å². The van der Waals surface area contributed by atoms with E-state index in [1.165, 1.54) is 11.0 Å². The third kappa shape index (κ3) is 3.23. The number of carbonyl (C=O) groups is 1. The van der Waals surface area contributed by atoms with Crippen LogP contribution in [0.15, 0.2) is 23.1 Å². The molecule has 2 rings (SSSR count). The minimum Gasteiger partial charge on any atom is -0.378 e. The SMILES string of the molecule is O=C(c1ccc(F)c(S(=O)(=O)Cl)c1)N1CCOCC1. The Morgan fingerprint density at radius 3 is 2.53 bits per heavy atom. The van der Waals surface area contributed by atoms with Crippen LogP contribution < -0.4 is 0 Å². The van der Waals surface area contributed by atoms with Gasteiger partial charge >= 0.3 is 0 Å². The Hall–Kier alpha value is -1.18. The van der Waals surface area contributed by atoms with E-state index in [0.717, 1.165) is 12.1 Å². The fraction of sp³-hybridized carbons (Fsp3) is 0.364. The van der Waals surface area contributed by atoms with E-state index >= 15 is 0 Å². The lowest BCUT2D eigenvalue weighted by molar-refractivity contribution is 0.0302. The van der Waals surface area contributed by atoms with Gasteiger partial charge < -0.3 is 9.64 Å². The molecule has 1 aliphatic heterocycles. The second-order valence-corrected chi connectivity index (χ2v) is 6.52. The quantitative estimate of drug-likeness (QED) is 0.771. The van der Waals surface area contributed by atoms with Crippen molar-refractivity contribution in [1.29, 1.82) is 0 Å². The maximum Gasteiger partial charge on any atom is 0.264 e. The summed E-state index contributed by atoms with van der Waals surface area (Å²) in [6.45, 7) is 1.68. The van der Waals surface area contributed by atoms with Gasteiger partial charge in [-0.3, -0.25) is 4.79 Å². The molecule has 8 heteroatoms. The first-order valence-corrected chi connectivity index (χ1v) is 7.82. The Bertz CT molecular complexity index is 599. The summed E-state index contributed by atoms with van der Waals surface area (Å²) in [5, 5.41) is 0. The molecule has 1 aromatic carbocycles. The summed E-state index contributed by atoms with van der Waals surface area (Å²) in [5.41, 5.74) is 0.0857. The Labute approximate surface area is 114 Å². The van der Waals surface area contributed by atoms with E-state index < -0.39 is 19.8 Å². The van der Waals surface area contributed by atoms with Crippen LogP contribution in [-0.4, -0.2) is 45.5 Å². The average molecular weight is 308 g/mol. The third-order valence-electron chi connectivity index (χ3n) is 2.74. The maximum absolute atomic E-state index is 13.4. The number of halogens is 2. The van der Waals surface area contributed by atoms with Crippen LogP contribution in [0.5, 0.6) is 0 Å². The van der Waals surface area contributed by atoms with Crippen molar-refractivity contribution in [1.82, 2.24) is 4.90 Å². The Kier molecular flexibility index (Phi) is 4.07. The molecule has 0 spiro atoms. The summed E-state index contributed by atoms with van der Waals surface area (Å²) in [4.78, 5) is 12.9. The fourth-order valence-corrected chi connectivity index (χ4v) is 2.70. The number of ether oxygens (including phenoxy) is 1.